The molecule has 0 spiro atoms. The number of carbonyl (C=O) groups is 1. The van der Waals surface area contributed by atoms with Gasteiger partial charge in [0.05, 0.1) is 11.9 Å². The third-order valence-electron chi connectivity index (χ3n) is 5.49. The topological polar surface area (TPSA) is 84.3 Å². The van der Waals surface area contributed by atoms with Gasteiger partial charge in [0.15, 0.2) is 5.75 Å². The van der Waals surface area contributed by atoms with E-state index in [0.717, 1.165) is 33.5 Å². The van der Waals surface area contributed by atoms with Gasteiger partial charge in [-0.05, 0) is 91.4 Å². The molecule has 0 heterocycles. The van der Waals surface area contributed by atoms with Crippen molar-refractivity contribution in [3.63, 3.8) is 0 Å². The lowest BCUT2D eigenvalue weighted by Gasteiger charge is -2.10. The van der Waals surface area contributed by atoms with Gasteiger partial charge in [-0.2, -0.15) is 5.10 Å². The second-order valence-corrected chi connectivity index (χ2v) is 8.16. The Hall–Kier alpha value is -4.34. The molecule has 0 aliphatic heterocycles. The van der Waals surface area contributed by atoms with Crippen molar-refractivity contribution in [2.24, 2.45) is 10.3 Å². The van der Waals surface area contributed by atoms with E-state index in [9.17, 15) is 18.0 Å². The van der Waals surface area contributed by atoms with Gasteiger partial charge >= 0.3 is 12.4 Å². The van der Waals surface area contributed by atoms with E-state index in [0.29, 0.717) is 24.3 Å². The number of nitrogens with one attached hydrogen (secondary N) is 2. The van der Waals surface area contributed by atoms with Gasteiger partial charge in [-0.3, -0.25) is 0 Å². The van der Waals surface area contributed by atoms with Gasteiger partial charge in [0.2, 0.25) is 0 Å². The van der Waals surface area contributed by atoms with Crippen LogP contribution in [-0.4, -0.2) is 24.3 Å². The third kappa shape index (κ3) is 6.41. The van der Waals surface area contributed by atoms with Crippen molar-refractivity contribution in [1.82, 2.24) is 5.43 Å². The quantitative estimate of drug-likeness (QED) is 0.320. The van der Waals surface area contributed by atoms with Crippen LogP contribution in [-0.2, 0) is 6.42 Å². The minimum atomic E-state index is -4.73. The monoisotopic (exact) mass is 496 g/mol. The zero-order valence-corrected chi connectivity index (χ0v) is 19.5. The highest BCUT2D eigenvalue weighted by molar-refractivity contribution is 6.04. The molecule has 0 radical (unpaired) electrons. The number of para-hydroxylation sites is 1. The van der Waals surface area contributed by atoms with Gasteiger partial charge in [0.1, 0.15) is 5.75 Å². The zero-order valence-electron chi connectivity index (χ0n) is 19.5. The van der Waals surface area contributed by atoms with Crippen LogP contribution in [0.25, 0.3) is 0 Å². The smallest absolute Gasteiger partial charge is 0.406 e. The molecule has 10 heteroatoms. The summed E-state index contributed by atoms with van der Waals surface area (Å²) in [5.74, 6) is 0.226. The predicted octanol–water partition coefficient (Wildman–Crippen LogP) is 6.09. The molecule has 0 fully saturated rings. The maximum absolute atomic E-state index is 12.4. The maximum Gasteiger partial charge on any atom is 0.573 e. The molecule has 0 atom stereocenters. The fraction of sp³-hybridized carbons (Fsp3) is 0.192. The van der Waals surface area contributed by atoms with Gasteiger partial charge in [-0.25, -0.2) is 10.2 Å². The number of ether oxygens (including phenoxy) is 1. The van der Waals surface area contributed by atoms with Crippen LogP contribution >= 0.6 is 0 Å². The lowest BCUT2D eigenvalue weighted by molar-refractivity contribution is -0.274. The second kappa shape index (κ2) is 10.5. The number of amides is 2. The Bertz CT molecular complexity index is 1300. The number of urea groups is 1. The van der Waals surface area contributed by atoms with Gasteiger partial charge < -0.3 is 14.9 Å². The van der Waals surface area contributed by atoms with Gasteiger partial charge in [0.25, 0.3) is 0 Å². The number of hydrazone groups is 1. The molecule has 0 unspecified atom stereocenters. The summed E-state index contributed by atoms with van der Waals surface area (Å²) >= 11 is 0. The largest absolute Gasteiger partial charge is 0.573 e. The average Bonchev–Trinajstić information content (AvgIpc) is 3.22. The number of anilines is 1. The number of benzene rings is 3. The van der Waals surface area contributed by atoms with Crippen molar-refractivity contribution in [2.45, 2.75) is 33.1 Å². The highest BCUT2D eigenvalue weighted by Crippen LogP contribution is 2.30. The Morgan fingerprint density at radius 2 is 1.67 bits per heavy atom. The van der Waals surface area contributed by atoms with E-state index >= 15 is 0 Å². The van der Waals surface area contributed by atoms with Crippen molar-refractivity contribution < 1.29 is 27.5 Å². The molecule has 7 nitrogen and oxygen atoms in total. The Balaban J connectivity index is 1.31. The molecule has 3 aromatic carbocycles. The number of aryl methyl sites for hydroxylation is 3. The normalized spacial score (nSPS) is 14.1. The number of fused-ring (bicyclic) bond motifs is 1. The summed E-state index contributed by atoms with van der Waals surface area (Å²) in [4.78, 5) is 17.6. The third-order valence-corrected chi connectivity index (χ3v) is 5.49. The first-order valence-corrected chi connectivity index (χ1v) is 11.1. The number of carbonyl (C=O) groups excluding carboxylic acids is 1. The fourth-order valence-corrected chi connectivity index (χ4v) is 3.78. The molecule has 186 valence electrons. The fourth-order valence-electron chi connectivity index (χ4n) is 3.78. The van der Waals surface area contributed by atoms with Crippen molar-refractivity contribution in [1.29, 1.82) is 0 Å². The number of halogens is 3. The van der Waals surface area contributed by atoms with Crippen LogP contribution in [0.15, 0.2) is 70.9 Å². The number of hydrogen-bond acceptors (Lipinski definition) is 5. The maximum atomic E-state index is 12.4. The summed E-state index contributed by atoms with van der Waals surface area (Å²) in [6.07, 6.45) is -2.14. The standard InChI is InChI=1S/C26H23F3N4O3/c1-16-4-3-5-17(2)24(16)31-25(34)32-30-15-18-6-9-20(10-7-18)36-33-23-13-8-19-14-21(11-12-22(19)23)35-26(27,28)29/h3-7,9-12,14-15H,8,13H2,1-2H3,(H2,31,32,34). The Morgan fingerprint density at radius 3 is 2.36 bits per heavy atom. The first kappa shape index (κ1) is 24.8. The molecule has 1 aliphatic rings. The number of oxime groups is 1. The molecular formula is C26H23F3N4O3. The lowest BCUT2D eigenvalue weighted by Crippen LogP contribution is -2.25. The average molecular weight is 496 g/mol. The van der Waals surface area contributed by atoms with Gasteiger partial charge in [-0.15, -0.1) is 13.2 Å². The van der Waals surface area contributed by atoms with Crippen LogP contribution in [0.4, 0.5) is 23.7 Å². The van der Waals surface area contributed by atoms with E-state index in [-0.39, 0.29) is 5.75 Å². The summed E-state index contributed by atoms with van der Waals surface area (Å²) in [5.41, 5.74) is 7.91. The van der Waals surface area contributed by atoms with Crippen LogP contribution in [0.2, 0.25) is 0 Å². The van der Waals surface area contributed by atoms with Gasteiger partial charge in [-0.1, -0.05) is 23.4 Å². The van der Waals surface area contributed by atoms with E-state index in [4.69, 9.17) is 4.84 Å². The Morgan fingerprint density at radius 1 is 0.972 bits per heavy atom. The molecule has 2 N–H and O–H groups in total. The summed E-state index contributed by atoms with van der Waals surface area (Å²) in [6.45, 7) is 3.82. The SMILES string of the molecule is Cc1cccc(C)c1NC(=O)NN=Cc1ccc(ON=C2CCc3cc(OC(F)(F)F)ccc32)cc1. The summed E-state index contributed by atoms with van der Waals surface area (Å²) in [5, 5.41) is 10.9. The molecule has 3 aromatic rings. The Labute approximate surface area is 205 Å². The van der Waals surface area contributed by atoms with Crippen molar-refractivity contribution >= 4 is 23.6 Å². The van der Waals surface area contributed by atoms with E-state index in [1.807, 2.05) is 32.0 Å². The highest BCUT2D eigenvalue weighted by Gasteiger charge is 2.31. The first-order chi connectivity index (χ1) is 17.2. The van der Waals surface area contributed by atoms with Crippen LogP contribution in [0.5, 0.6) is 11.5 Å². The molecule has 4 rings (SSSR count). The summed E-state index contributed by atoms with van der Waals surface area (Å²) < 4.78 is 41.2. The first-order valence-electron chi connectivity index (χ1n) is 11.1. The van der Waals surface area contributed by atoms with Crippen molar-refractivity contribution in [2.75, 3.05) is 5.32 Å². The summed E-state index contributed by atoms with van der Waals surface area (Å²) in [6, 6.07) is 16.3. The second-order valence-electron chi connectivity index (χ2n) is 8.16. The number of rotatable bonds is 6. The lowest BCUT2D eigenvalue weighted by atomic mass is 10.1. The molecule has 0 saturated carbocycles. The molecular weight excluding hydrogens is 473 g/mol. The van der Waals surface area contributed by atoms with Crippen LogP contribution in [0.3, 0.4) is 0 Å². The molecule has 0 bridgehead atoms. The van der Waals surface area contributed by atoms with E-state index < -0.39 is 12.4 Å². The van der Waals surface area contributed by atoms with E-state index in [1.165, 1.54) is 18.3 Å². The highest BCUT2D eigenvalue weighted by atomic mass is 19.4. The van der Waals surface area contributed by atoms with Crippen molar-refractivity contribution in [3.8, 4) is 11.5 Å². The molecule has 2 amide bonds. The zero-order chi connectivity index (χ0) is 25.7. The molecule has 1 aliphatic carbocycles. The minimum absolute atomic E-state index is 0.252. The predicted molar refractivity (Wildman–Crippen MR) is 131 cm³/mol. The summed E-state index contributed by atoms with van der Waals surface area (Å²) in [7, 11) is 0. The molecule has 36 heavy (non-hydrogen) atoms. The van der Waals surface area contributed by atoms with Gasteiger partial charge in [0, 0.05) is 11.3 Å². The van der Waals surface area contributed by atoms with E-state index in [1.54, 1.807) is 30.3 Å². The number of nitrogens with zero attached hydrogens (tertiary/aromatic N) is 2. The van der Waals surface area contributed by atoms with Crippen LogP contribution < -0.4 is 20.3 Å². The number of hydrogen-bond donors (Lipinski definition) is 2. The van der Waals surface area contributed by atoms with Crippen LogP contribution in [0, 0.1) is 13.8 Å². The molecule has 0 aromatic heterocycles. The van der Waals surface area contributed by atoms with E-state index in [2.05, 4.69) is 25.7 Å². The Kier molecular flexibility index (Phi) is 7.23. The van der Waals surface area contributed by atoms with Crippen molar-refractivity contribution in [3.05, 3.63) is 88.5 Å². The van der Waals surface area contributed by atoms with Crippen LogP contribution in [0.1, 0.15) is 34.2 Å². The molecule has 0 saturated heterocycles. The number of alkyl halides is 3. The minimum Gasteiger partial charge on any atom is -0.406 e.